The Morgan fingerprint density at radius 3 is 2.42 bits per heavy atom. The van der Waals surface area contributed by atoms with Crippen LogP contribution in [0, 0.1) is 13.8 Å². The summed E-state index contributed by atoms with van der Waals surface area (Å²) >= 11 is 7.21. The molecule has 6 nitrogen and oxygen atoms in total. The van der Waals surface area contributed by atoms with E-state index in [1.807, 2.05) is 56.3 Å². The molecule has 0 unspecified atom stereocenters. The van der Waals surface area contributed by atoms with Gasteiger partial charge in [-0.05, 0) is 42.7 Å². The average Bonchev–Trinajstić information content (AvgIpc) is 2.62. The summed E-state index contributed by atoms with van der Waals surface area (Å²) in [4.78, 5) is 12.5. The number of halogens is 1. The summed E-state index contributed by atoms with van der Waals surface area (Å²) < 4.78 is 1.02. The number of benzene rings is 2. The van der Waals surface area contributed by atoms with E-state index in [1.54, 1.807) is 0 Å². The van der Waals surface area contributed by atoms with Crippen LogP contribution in [0.25, 0.3) is 0 Å². The monoisotopic (exact) mass is 387 g/mol. The number of hydrogen-bond donors (Lipinski definition) is 2. The number of nitrogen functional groups attached to an aromatic ring is 1. The zero-order valence-electron chi connectivity index (χ0n) is 14.4. The van der Waals surface area contributed by atoms with Crippen LogP contribution in [0.2, 0.25) is 5.02 Å². The highest BCUT2D eigenvalue weighted by Gasteiger charge is 2.13. The van der Waals surface area contributed by atoms with Gasteiger partial charge in [-0.15, -0.1) is 10.2 Å². The van der Waals surface area contributed by atoms with Crippen LogP contribution in [0.1, 0.15) is 16.7 Å². The standard InChI is InChI=1S/C18H18ClN5OS/c1-11-4-3-5-12(2)15(11)21-16-17(25)24(20)18(23-22-16)26-10-13-6-8-14(19)9-7-13/h3-9H,10,20H2,1-2H3,(H,21,22). The average molecular weight is 388 g/mol. The van der Waals surface area contributed by atoms with Gasteiger partial charge in [0.2, 0.25) is 11.0 Å². The maximum Gasteiger partial charge on any atom is 0.315 e. The molecule has 0 fully saturated rings. The Morgan fingerprint density at radius 1 is 1.12 bits per heavy atom. The molecule has 3 aromatic rings. The van der Waals surface area contributed by atoms with Crippen LogP contribution in [-0.4, -0.2) is 14.9 Å². The Bertz CT molecular complexity index is 968. The summed E-state index contributed by atoms with van der Waals surface area (Å²) in [5, 5.41) is 12.2. The van der Waals surface area contributed by atoms with Gasteiger partial charge in [-0.3, -0.25) is 4.79 Å². The van der Waals surface area contributed by atoms with Gasteiger partial charge in [0.05, 0.1) is 0 Å². The van der Waals surface area contributed by atoms with Crippen molar-refractivity contribution in [3.05, 3.63) is 74.5 Å². The minimum absolute atomic E-state index is 0.0979. The van der Waals surface area contributed by atoms with Gasteiger partial charge in [0.25, 0.3) is 0 Å². The van der Waals surface area contributed by atoms with Crippen molar-refractivity contribution >= 4 is 34.9 Å². The molecular formula is C18H18ClN5OS. The quantitative estimate of drug-likeness (QED) is 0.513. The smallest absolute Gasteiger partial charge is 0.315 e. The Hall–Kier alpha value is -2.51. The lowest BCUT2D eigenvalue weighted by molar-refractivity contribution is 0.704. The molecule has 0 atom stereocenters. The van der Waals surface area contributed by atoms with Gasteiger partial charge in [-0.2, -0.15) is 4.68 Å². The molecular weight excluding hydrogens is 370 g/mol. The third-order valence-corrected chi connectivity index (χ3v) is 5.13. The Balaban J connectivity index is 1.80. The highest BCUT2D eigenvalue weighted by Crippen LogP contribution is 2.23. The predicted octanol–water partition coefficient (Wildman–Crippen LogP) is 3.66. The highest BCUT2D eigenvalue weighted by molar-refractivity contribution is 7.98. The van der Waals surface area contributed by atoms with Gasteiger partial charge < -0.3 is 11.2 Å². The molecule has 0 bridgehead atoms. The third-order valence-electron chi connectivity index (χ3n) is 3.87. The summed E-state index contributed by atoms with van der Waals surface area (Å²) in [6, 6.07) is 13.3. The van der Waals surface area contributed by atoms with Gasteiger partial charge in [0.1, 0.15) is 0 Å². The Kier molecular flexibility index (Phi) is 5.49. The molecule has 8 heteroatoms. The summed E-state index contributed by atoms with van der Waals surface area (Å²) in [6.45, 7) is 3.92. The molecule has 3 N–H and O–H groups in total. The van der Waals surface area contributed by atoms with Crippen molar-refractivity contribution in [1.82, 2.24) is 14.9 Å². The van der Waals surface area contributed by atoms with Crippen LogP contribution in [-0.2, 0) is 5.75 Å². The van der Waals surface area contributed by atoms with Gasteiger partial charge in [0.15, 0.2) is 0 Å². The van der Waals surface area contributed by atoms with E-state index in [2.05, 4.69) is 15.5 Å². The summed E-state index contributed by atoms with van der Waals surface area (Å²) in [6.07, 6.45) is 0. The van der Waals surface area contributed by atoms with Gasteiger partial charge in [0, 0.05) is 16.5 Å². The lowest BCUT2D eigenvalue weighted by atomic mass is 10.1. The second-order valence-electron chi connectivity index (χ2n) is 5.81. The van der Waals surface area contributed by atoms with E-state index in [1.165, 1.54) is 11.8 Å². The summed E-state index contributed by atoms with van der Waals surface area (Å²) in [5.41, 5.74) is 3.47. The number of thioether (sulfide) groups is 1. The fraction of sp³-hybridized carbons (Fsp3) is 0.167. The molecule has 0 radical (unpaired) electrons. The van der Waals surface area contributed by atoms with Crippen LogP contribution < -0.4 is 16.7 Å². The zero-order chi connectivity index (χ0) is 18.7. The van der Waals surface area contributed by atoms with Crippen molar-refractivity contribution < 1.29 is 0 Å². The van der Waals surface area contributed by atoms with E-state index in [9.17, 15) is 4.79 Å². The number of nitrogens with zero attached hydrogens (tertiary/aromatic N) is 3. The van der Waals surface area contributed by atoms with E-state index < -0.39 is 5.56 Å². The molecule has 0 saturated carbocycles. The molecule has 0 saturated heterocycles. The van der Waals surface area contributed by atoms with Crippen molar-refractivity contribution in [2.24, 2.45) is 0 Å². The lowest BCUT2D eigenvalue weighted by Gasteiger charge is -2.12. The fourth-order valence-electron chi connectivity index (χ4n) is 2.42. The third kappa shape index (κ3) is 4.00. The number of nitrogens with two attached hydrogens (primary N) is 1. The number of para-hydroxylation sites is 1. The number of aromatic nitrogens is 3. The molecule has 0 spiro atoms. The molecule has 0 aliphatic rings. The number of aryl methyl sites for hydroxylation is 2. The minimum Gasteiger partial charge on any atom is -0.334 e. The molecule has 0 amide bonds. The van der Waals surface area contributed by atoms with Gasteiger partial charge in [-0.25, -0.2) is 0 Å². The predicted molar refractivity (Wildman–Crippen MR) is 107 cm³/mol. The molecule has 26 heavy (non-hydrogen) atoms. The molecule has 1 heterocycles. The Labute approximate surface area is 160 Å². The van der Waals surface area contributed by atoms with E-state index in [0.29, 0.717) is 15.9 Å². The van der Waals surface area contributed by atoms with Crippen molar-refractivity contribution in [3.63, 3.8) is 0 Å². The van der Waals surface area contributed by atoms with Crippen LogP contribution in [0.15, 0.2) is 52.4 Å². The SMILES string of the molecule is Cc1cccc(C)c1Nc1nnc(SCc2ccc(Cl)cc2)n(N)c1=O. The summed E-state index contributed by atoms with van der Waals surface area (Å²) in [5.74, 6) is 6.62. The topological polar surface area (TPSA) is 85.8 Å². The Morgan fingerprint density at radius 2 is 1.77 bits per heavy atom. The summed E-state index contributed by atoms with van der Waals surface area (Å²) in [7, 11) is 0. The lowest BCUT2D eigenvalue weighted by Crippen LogP contribution is -2.32. The maximum atomic E-state index is 12.5. The van der Waals surface area contributed by atoms with E-state index in [4.69, 9.17) is 17.4 Å². The molecule has 0 aliphatic carbocycles. The van der Waals surface area contributed by atoms with E-state index in [-0.39, 0.29) is 5.82 Å². The molecule has 3 rings (SSSR count). The largest absolute Gasteiger partial charge is 0.334 e. The van der Waals surface area contributed by atoms with Crippen LogP contribution in [0.3, 0.4) is 0 Å². The molecule has 0 aliphatic heterocycles. The van der Waals surface area contributed by atoms with Gasteiger partial charge in [-0.1, -0.05) is 53.7 Å². The number of nitrogens with one attached hydrogen (secondary N) is 1. The van der Waals surface area contributed by atoms with Crippen LogP contribution >= 0.6 is 23.4 Å². The van der Waals surface area contributed by atoms with Crippen molar-refractivity contribution in [2.75, 3.05) is 11.2 Å². The molecule has 1 aromatic heterocycles. The minimum atomic E-state index is -0.429. The first-order chi connectivity index (χ1) is 12.5. The highest BCUT2D eigenvalue weighted by atomic mass is 35.5. The van der Waals surface area contributed by atoms with E-state index >= 15 is 0 Å². The zero-order valence-corrected chi connectivity index (χ0v) is 15.9. The number of hydrogen-bond acceptors (Lipinski definition) is 6. The first-order valence-electron chi connectivity index (χ1n) is 7.91. The van der Waals surface area contributed by atoms with Gasteiger partial charge >= 0.3 is 5.56 Å². The van der Waals surface area contributed by atoms with Crippen LogP contribution in [0.5, 0.6) is 0 Å². The van der Waals surface area contributed by atoms with E-state index in [0.717, 1.165) is 27.1 Å². The van der Waals surface area contributed by atoms with Crippen molar-refractivity contribution in [3.8, 4) is 0 Å². The first-order valence-corrected chi connectivity index (χ1v) is 9.27. The fourth-order valence-corrected chi connectivity index (χ4v) is 3.35. The molecule has 134 valence electrons. The molecule has 2 aromatic carbocycles. The van der Waals surface area contributed by atoms with Crippen molar-refractivity contribution in [1.29, 1.82) is 0 Å². The van der Waals surface area contributed by atoms with Crippen molar-refractivity contribution in [2.45, 2.75) is 24.8 Å². The van der Waals surface area contributed by atoms with Crippen LogP contribution in [0.4, 0.5) is 11.5 Å². The number of rotatable bonds is 5. The maximum absolute atomic E-state index is 12.5. The second-order valence-corrected chi connectivity index (χ2v) is 7.19. The number of anilines is 2. The first kappa shape index (κ1) is 18.3. The normalized spacial score (nSPS) is 10.7. The second kappa shape index (κ2) is 7.80.